The molecule has 0 saturated carbocycles. The molecule has 1 aliphatic rings. The summed E-state index contributed by atoms with van der Waals surface area (Å²) < 4.78 is 15.8. The van der Waals surface area contributed by atoms with E-state index in [0.29, 0.717) is 49.2 Å². The zero-order chi connectivity index (χ0) is 22.4. The smallest absolute Gasteiger partial charge is 0.338 e. The van der Waals surface area contributed by atoms with Crippen molar-refractivity contribution < 1.29 is 28.6 Å². The topological polar surface area (TPSA) is 85.4 Å². The highest BCUT2D eigenvalue weighted by Crippen LogP contribution is 2.36. The van der Waals surface area contributed by atoms with Crippen molar-refractivity contribution in [3.63, 3.8) is 0 Å². The third kappa shape index (κ3) is 5.48. The van der Waals surface area contributed by atoms with Gasteiger partial charge in [-0.05, 0) is 30.5 Å². The Hall–Kier alpha value is -2.78. The first kappa shape index (κ1) is 22.9. The Labute approximate surface area is 189 Å². The second kappa shape index (κ2) is 10.5. The van der Waals surface area contributed by atoms with E-state index in [2.05, 4.69) is 0 Å². The van der Waals surface area contributed by atoms with Gasteiger partial charge in [0.25, 0.3) is 11.8 Å². The number of hydrogen-bond acceptors (Lipinski definition) is 7. The number of amides is 2. The number of nitrogens with zero attached hydrogens (tertiary/aromatic N) is 2. The summed E-state index contributed by atoms with van der Waals surface area (Å²) in [7, 11) is 1.44. The fourth-order valence-electron chi connectivity index (χ4n) is 3.14. The van der Waals surface area contributed by atoms with Crippen LogP contribution in [0.1, 0.15) is 27.0 Å². The molecule has 1 aromatic carbocycles. The monoisotopic (exact) mass is 466 g/mol. The lowest BCUT2D eigenvalue weighted by Gasteiger charge is -2.34. The van der Waals surface area contributed by atoms with Crippen LogP contribution in [-0.4, -0.2) is 74.1 Å². The molecule has 2 aromatic rings. The van der Waals surface area contributed by atoms with Crippen LogP contribution in [0.4, 0.5) is 0 Å². The molecule has 166 valence electrons. The molecule has 0 bridgehead atoms. The summed E-state index contributed by atoms with van der Waals surface area (Å²) in [6, 6.07) is 6.49. The third-order valence-corrected chi connectivity index (χ3v) is 5.87. The van der Waals surface area contributed by atoms with Crippen LogP contribution >= 0.6 is 22.9 Å². The maximum atomic E-state index is 12.4. The van der Waals surface area contributed by atoms with Crippen LogP contribution in [0.25, 0.3) is 0 Å². The van der Waals surface area contributed by atoms with E-state index in [1.54, 1.807) is 15.9 Å². The number of thiophene rings is 1. The summed E-state index contributed by atoms with van der Waals surface area (Å²) in [5.74, 6) is -0.396. The molecule has 2 heterocycles. The van der Waals surface area contributed by atoms with Gasteiger partial charge in [0, 0.05) is 26.2 Å². The number of benzene rings is 1. The van der Waals surface area contributed by atoms with E-state index in [-0.39, 0.29) is 22.4 Å². The van der Waals surface area contributed by atoms with Crippen LogP contribution in [0.15, 0.2) is 29.6 Å². The summed E-state index contributed by atoms with van der Waals surface area (Å²) in [4.78, 5) is 41.2. The first-order chi connectivity index (χ1) is 14.9. The second-order valence-electron chi connectivity index (χ2n) is 6.65. The summed E-state index contributed by atoms with van der Waals surface area (Å²) >= 11 is 7.57. The van der Waals surface area contributed by atoms with Gasteiger partial charge in [0.15, 0.2) is 18.1 Å². The van der Waals surface area contributed by atoms with Crippen LogP contribution in [0.2, 0.25) is 5.02 Å². The van der Waals surface area contributed by atoms with Crippen molar-refractivity contribution in [1.82, 2.24) is 9.80 Å². The van der Waals surface area contributed by atoms with Crippen molar-refractivity contribution in [2.24, 2.45) is 0 Å². The number of rotatable bonds is 7. The first-order valence-electron chi connectivity index (χ1n) is 9.72. The standard InChI is InChI=1S/C21H23ClN2O6S/c1-3-29-19-15(22)11-14(12-16(19)28-2)21(27)30-13-18(25)23-6-8-24(9-7-23)20(26)17-5-4-10-31-17/h4-5,10-12H,3,6-9,13H2,1-2H3. The number of carbonyl (C=O) groups excluding carboxylic acids is 3. The van der Waals surface area contributed by atoms with Gasteiger partial charge in [0.2, 0.25) is 0 Å². The predicted molar refractivity (Wildman–Crippen MR) is 116 cm³/mol. The van der Waals surface area contributed by atoms with Crippen LogP contribution in [0, 0.1) is 0 Å². The van der Waals surface area contributed by atoms with E-state index < -0.39 is 12.6 Å². The average Bonchev–Trinajstić information content (AvgIpc) is 3.33. The molecule has 0 aliphatic carbocycles. The molecule has 1 aliphatic heterocycles. The molecule has 0 radical (unpaired) electrons. The number of ether oxygens (including phenoxy) is 3. The van der Waals surface area contributed by atoms with Crippen molar-refractivity contribution in [1.29, 1.82) is 0 Å². The van der Waals surface area contributed by atoms with E-state index in [1.807, 2.05) is 18.4 Å². The maximum absolute atomic E-state index is 12.4. The van der Waals surface area contributed by atoms with E-state index >= 15 is 0 Å². The van der Waals surface area contributed by atoms with Crippen LogP contribution in [-0.2, 0) is 9.53 Å². The minimum Gasteiger partial charge on any atom is -0.493 e. The van der Waals surface area contributed by atoms with Crippen molar-refractivity contribution in [3.05, 3.63) is 45.1 Å². The Kier molecular flexibility index (Phi) is 7.75. The lowest BCUT2D eigenvalue weighted by molar-refractivity contribution is -0.136. The molecule has 8 nitrogen and oxygen atoms in total. The fraction of sp³-hybridized carbons (Fsp3) is 0.381. The number of carbonyl (C=O) groups is 3. The highest BCUT2D eigenvalue weighted by atomic mass is 35.5. The van der Waals surface area contributed by atoms with Gasteiger partial charge in [-0.25, -0.2) is 4.79 Å². The minimum atomic E-state index is -0.692. The highest BCUT2D eigenvalue weighted by Gasteiger charge is 2.26. The molecule has 1 saturated heterocycles. The van der Waals surface area contributed by atoms with Gasteiger partial charge in [-0.3, -0.25) is 9.59 Å². The predicted octanol–water partition coefficient (Wildman–Crippen LogP) is 2.95. The van der Waals surface area contributed by atoms with E-state index in [1.165, 1.54) is 30.6 Å². The van der Waals surface area contributed by atoms with Crippen molar-refractivity contribution in [3.8, 4) is 11.5 Å². The van der Waals surface area contributed by atoms with Crippen LogP contribution < -0.4 is 9.47 Å². The molecule has 0 unspecified atom stereocenters. The number of esters is 1. The van der Waals surface area contributed by atoms with Crippen molar-refractivity contribution in [2.75, 3.05) is 46.5 Å². The Morgan fingerprint density at radius 2 is 1.84 bits per heavy atom. The van der Waals surface area contributed by atoms with E-state index in [4.69, 9.17) is 25.8 Å². The normalized spacial score (nSPS) is 13.6. The zero-order valence-corrected chi connectivity index (χ0v) is 18.8. The SMILES string of the molecule is CCOc1c(Cl)cc(C(=O)OCC(=O)N2CCN(C(=O)c3cccs3)CC2)cc1OC. The Bertz CT molecular complexity index is 942. The van der Waals surface area contributed by atoms with E-state index in [0.717, 1.165) is 0 Å². The van der Waals surface area contributed by atoms with Crippen LogP contribution in [0.5, 0.6) is 11.5 Å². The van der Waals surface area contributed by atoms with Gasteiger partial charge in [-0.15, -0.1) is 11.3 Å². The lowest BCUT2D eigenvalue weighted by atomic mass is 10.2. The molecule has 10 heteroatoms. The van der Waals surface area contributed by atoms with Gasteiger partial charge in [0.05, 0.1) is 29.2 Å². The van der Waals surface area contributed by atoms with Crippen molar-refractivity contribution >= 4 is 40.7 Å². The second-order valence-corrected chi connectivity index (χ2v) is 8.00. The quantitative estimate of drug-likeness (QED) is 0.583. The summed E-state index contributed by atoms with van der Waals surface area (Å²) in [6.07, 6.45) is 0. The minimum absolute atomic E-state index is 0.0325. The van der Waals surface area contributed by atoms with Crippen LogP contribution in [0.3, 0.4) is 0 Å². The molecule has 0 spiro atoms. The first-order valence-corrected chi connectivity index (χ1v) is 11.0. The number of piperazine rings is 1. The fourth-order valence-corrected chi connectivity index (χ4v) is 4.10. The molecule has 3 rings (SSSR count). The number of halogens is 1. The Morgan fingerprint density at radius 1 is 1.13 bits per heavy atom. The molecular formula is C21H23ClN2O6S. The lowest BCUT2D eigenvalue weighted by Crippen LogP contribution is -2.51. The van der Waals surface area contributed by atoms with Gasteiger partial charge in [-0.2, -0.15) is 0 Å². The van der Waals surface area contributed by atoms with Gasteiger partial charge in [-0.1, -0.05) is 17.7 Å². The van der Waals surface area contributed by atoms with Gasteiger partial charge >= 0.3 is 5.97 Å². The highest BCUT2D eigenvalue weighted by molar-refractivity contribution is 7.12. The molecule has 2 amide bonds. The maximum Gasteiger partial charge on any atom is 0.338 e. The van der Waals surface area contributed by atoms with Gasteiger partial charge < -0.3 is 24.0 Å². The molecular weight excluding hydrogens is 444 g/mol. The Balaban J connectivity index is 1.52. The Morgan fingerprint density at radius 3 is 2.45 bits per heavy atom. The van der Waals surface area contributed by atoms with Gasteiger partial charge in [0.1, 0.15) is 0 Å². The number of methoxy groups -OCH3 is 1. The van der Waals surface area contributed by atoms with Crippen molar-refractivity contribution in [2.45, 2.75) is 6.92 Å². The largest absolute Gasteiger partial charge is 0.493 e. The summed E-state index contributed by atoms with van der Waals surface area (Å²) in [5.41, 5.74) is 0.157. The average molecular weight is 467 g/mol. The third-order valence-electron chi connectivity index (χ3n) is 4.73. The molecule has 1 fully saturated rings. The number of hydrogen-bond donors (Lipinski definition) is 0. The zero-order valence-electron chi connectivity index (χ0n) is 17.3. The van der Waals surface area contributed by atoms with E-state index in [9.17, 15) is 14.4 Å². The molecule has 0 atom stereocenters. The molecule has 1 aromatic heterocycles. The molecule has 31 heavy (non-hydrogen) atoms. The summed E-state index contributed by atoms with van der Waals surface area (Å²) in [5, 5.41) is 2.07. The molecule has 0 N–H and O–H groups in total. The summed E-state index contributed by atoms with van der Waals surface area (Å²) in [6.45, 7) is 3.43.